The number of pyridine rings is 1. The number of hydrogen-bond acceptors (Lipinski definition) is 1. The molecule has 0 saturated carbocycles. The molecule has 4 aromatic rings. The van der Waals surface area contributed by atoms with Gasteiger partial charge in [-0.25, -0.2) is 0 Å². The predicted molar refractivity (Wildman–Crippen MR) is 103 cm³/mol. The zero-order valence-corrected chi connectivity index (χ0v) is 14.2. The first kappa shape index (κ1) is 15.2. The molecule has 0 aliphatic rings. The second-order valence-corrected chi connectivity index (χ2v) is 6.42. The molecule has 116 valence electrons. The van der Waals surface area contributed by atoms with E-state index in [1.165, 1.54) is 0 Å². The Morgan fingerprint density at radius 2 is 1.46 bits per heavy atom. The van der Waals surface area contributed by atoms with Crippen molar-refractivity contribution in [1.29, 1.82) is 0 Å². The van der Waals surface area contributed by atoms with E-state index in [-0.39, 0.29) is 0 Å². The lowest BCUT2D eigenvalue weighted by atomic mass is 9.93. The molecule has 3 heteroatoms. The third kappa shape index (κ3) is 2.66. The normalized spacial score (nSPS) is 10.9. The second kappa shape index (κ2) is 6.27. The molecule has 0 N–H and O–H groups in total. The van der Waals surface area contributed by atoms with Gasteiger partial charge in [0.15, 0.2) is 0 Å². The molecule has 0 aliphatic heterocycles. The van der Waals surface area contributed by atoms with E-state index in [0.717, 1.165) is 33.0 Å². The average Bonchev–Trinajstić information content (AvgIpc) is 2.62. The summed E-state index contributed by atoms with van der Waals surface area (Å²) in [5, 5.41) is 3.44. The zero-order valence-electron chi connectivity index (χ0n) is 12.7. The SMILES string of the molecule is Clc1cccc(-c2ccc(Cl)c3cncc(-c4ccccc4)c23)c1. The van der Waals surface area contributed by atoms with Crippen molar-refractivity contribution in [1.82, 2.24) is 4.98 Å². The summed E-state index contributed by atoms with van der Waals surface area (Å²) in [6.07, 6.45) is 3.71. The van der Waals surface area contributed by atoms with Crippen molar-refractivity contribution in [3.8, 4) is 22.3 Å². The van der Waals surface area contributed by atoms with Crippen molar-refractivity contribution in [3.05, 3.63) is 89.2 Å². The molecule has 0 unspecified atom stereocenters. The van der Waals surface area contributed by atoms with E-state index in [4.69, 9.17) is 23.2 Å². The smallest absolute Gasteiger partial charge is 0.0500 e. The van der Waals surface area contributed by atoms with E-state index in [1.54, 1.807) is 0 Å². The lowest BCUT2D eigenvalue weighted by molar-refractivity contribution is 1.36. The fourth-order valence-electron chi connectivity index (χ4n) is 2.99. The Morgan fingerprint density at radius 3 is 2.25 bits per heavy atom. The first-order chi connectivity index (χ1) is 11.7. The van der Waals surface area contributed by atoms with Gasteiger partial charge in [-0.3, -0.25) is 4.98 Å². The monoisotopic (exact) mass is 349 g/mol. The number of aromatic nitrogens is 1. The molecule has 0 atom stereocenters. The van der Waals surface area contributed by atoms with Gasteiger partial charge in [-0.1, -0.05) is 71.7 Å². The molecule has 0 fully saturated rings. The Kier molecular flexibility index (Phi) is 3.97. The highest BCUT2D eigenvalue weighted by atomic mass is 35.5. The molecule has 0 saturated heterocycles. The van der Waals surface area contributed by atoms with Crippen LogP contribution in [0.4, 0.5) is 0 Å². The molecule has 3 aromatic carbocycles. The third-order valence-electron chi connectivity index (χ3n) is 4.09. The highest BCUT2D eigenvalue weighted by Gasteiger charge is 2.13. The van der Waals surface area contributed by atoms with Crippen molar-refractivity contribution < 1.29 is 0 Å². The summed E-state index contributed by atoms with van der Waals surface area (Å²) in [5.74, 6) is 0. The Bertz CT molecular complexity index is 1030. The van der Waals surface area contributed by atoms with Gasteiger partial charge in [0.1, 0.15) is 0 Å². The lowest BCUT2D eigenvalue weighted by Gasteiger charge is -2.13. The van der Waals surface area contributed by atoms with Crippen LogP contribution in [0.5, 0.6) is 0 Å². The van der Waals surface area contributed by atoms with E-state index >= 15 is 0 Å². The first-order valence-electron chi connectivity index (χ1n) is 7.61. The molecule has 1 nitrogen and oxygen atoms in total. The van der Waals surface area contributed by atoms with Gasteiger partial charge in [0.05, 0.1) is 5.02 Å². The minimum absolute atomic E-state index is 0.695. The summed E-state index contributed by atoms with van der Waals surface area (Å²) in [4.78, 5) is 4.39. The van der Waals surface area contributed by atoms with E-state index in [9.17, 15) is 0 Å². The molecule has 1 heterocycles. The van der Waals surface area contributed by atoms with Crippen LogP contribution in [0.1, 0.15) is 0 Å². The fraction of sp³-hybridized carbons (Fsp3) is 0. The number of benzene rings is 3. The van der Waals surface area contributed by atoms with Gasteiger partial charge in [-0.05, 0) is 34.9 Å². The Balaban J connectivity index is 2.10. The molecule has 24 heavy (non-hydrogen) atoms. The minimum Gasteiger partial charge on any atom is -0.263 e. The van der Waals surface area contributed by atoms with E-state index in [2.05, 4.69) is 23.2 Å². The standard InChI is InChI=1S/C21H13Cl2N/c22-16-8-4-7-15(11-16)17-9-10-20(23)19-13-24-12-18(21(17)19)14-5-2-1-3-6-14/h1-13H. The summed E-state index contributed by atoms with van der Waals surface area (Å²) in [5.41, 5.74) is 4.33. The topological polar surface area (TPSA) is 12.9 Å². The Morgan fingerprint density at radius 1 is 0.667 bits per heavy atom. The van der Waals surface area contributed by atoms with Gasteiger partial charge in [-0.15, -0.1) is 0 Å². The number of hydrogen-bond donors (Lipinski definition) is 0. The highest BCUT2D eigenvalue weighted by Crippen LogP contribution is 2.39. The summed E-state index contributed by atoms with van der Waals surface area (Å²) < 4.78 is 0. The molecular weight excluding hydrogens is 337 g/mol. The van der Waals surface area contributed by atoms with Crippen molar-refractivity contribution >= 4 is 34.0 Å². The fourth-order valence-corrected chi connectivity index (χ4v) is 3.39. The molecular formula is C21H13Cl2N. The summed E-state index contributed by atoms with van der Waals surface area (Å²) in [7, 11) is 0. The Labute approximate surface area is 150 Å². The summed E-state index contributed by atoms with van der Waals surface area (Å²) >= 11 is 12.6. The van der Waals surface area contributed by atoms with E-state index < -0.39 is 0 Å². The summed E-state index contributed by atoms with van der Waals surface area (Å²) in [6, 6.07) is 22.0. The number of fused-ring (bicyclic) bond motifs is 1. The molecule has 0 radical (unpaired) electrons. The van der Waals surface area contributed by atoms with Crippen molar-refractivity contribution in [2.24, 2.45) is 0 Å². The first-order valence-corrected chi connectivity index (χ1v) is 8.37. The van der Waals surface area contributed by atoms with Gasteiger partial charge >= 0.3 is 0 Å². The molecule has 1 aromatic heterocycles. The zero-order chi connectivity index (χ0) is 16.5. The second-order valence-electron chi connectivity index (χ2n) is 5.58. The van der Waals surface area contributed by atoms with E-state index in [0.29, 0.717) is 10.0 Å². The average molecular weight is 350 g/mol. The third-order valence-corrected chi connectivity index (χ3v) is 4.65. The lowest BCUT2D eigenvalue weighted by Crippen LogP contribution is -1.89. The highest BCUT2D eigenvalue weighted by molar-refractivity contribution is 6.36. The van der Waals surface area contributed by atoms with Crippen LogP contribution in [0.15, 0.2) is 79.1 Å². The maximum Gasteiger partial charge on any atom is 0.0500 e. The van der Waals surface area contributed by atoms with Crippen LogP contribution in [0, 0.1) is 0 Å². The minimum atomic E-state index is 0.695. The molecule has 0 aliphatic carbocycles. The van der Waals surface area contributed by atoms with Gasteiger partial charge in [0.2, 0.25) is 0 Å². The van der Waals surface area contributed by atoms with Crippen molar-refractivity contribution in [2.45, 2.75) is 0 Å². The van der Waals surface area contributed by atoms with Crippen LogP contribution in [-0.4, -0.2) is 4.98 Å². The van der Waals surface area contributed by atoms with Gasteiger partial charge < -0.3 is 0 Å². The van der Waals surface area contributed by atoms with Crippen LogP contribution < -0.4 is 0 Å². The molecule has 0 spiro atoms. The quantitative estimate of drug-likeness (QED) is 0.384. The maximum atomic E-state index is 6.44. The number of halogens is 2. The van der Waals surface area contributed by atoms with Crippen LogP contribution in [0.25, 0.3) is 33.0 Å². The predicted octanol–water partition coefficient (Wildman–Crippen LogP) is 6.88. The number of rotatable bonds is 2. The van der Waals surface area contributed by atoms with Crippen LogP contribution in [0.2, 0.25) is 10.0 Å². The maximum absolute atomic E-state index is 6.44. The summed E-state index contributed by atoms with van der Waals surface area (Å²) in [6.45, 7) is 0. The van der Waals surface area contributed by atoms with E-state index in [1.807, 2.05) is 60.9 Å². The van der Waals surface area contributed by atoms with Crippen molar-refractivity contribution in [3.63, 3.8) is 0 Å². The molecule has 0 amide bonds. The van der Waals surface area contributed by atoms with Crippen LogP contribution >= 0.6 is 23.2 Å². The van der Waals surface area contributed by atoms with Crippen LogP contribution in [-0.2, 0) is 0 Å². The van der Waals surface area contributed by atoms with Crippen molar-refractivity contribution in [2.75, 3.05) is 0 Å². The van der Waals surface area contributed by atoms with Gasteiger partial charge in [0, 0.05) is 33.8 Å². The number of nitrogens with zero attached hydrogens (tertiary/aromatic N) is 1. The van der Waals surface area contributed by atoms with Gasteiger partial charge in [-0.2, -0.15) is 0 Å². The Hall–Kier alpha value is -2.35. The molecule has 0 bridgehead atoms. The van der Waals surface area contributed by atoms with Crippen LogP contribution in [0.3, 0.4) is 0 Å². The van der Waals surface area contributed by atoms with Gasteiger partial charge in [0.25, 0.3) is 0 Å². The largest absolute Gasteiger partial charge is 0.263 e. The molecule has 4 rings (SSSR count).